The lowest BCUT2D eigenvalue weighted by molar-refractivity contribution is 0.174. The average Bonchev–Trinajstić information content (AvgIpc) is 2.73. The van der Waals surface area contributed by atoms with Gasteiger partial charge in [0.25, 0.3) is 0 Å². The lowest BCUT2D eigenvalue weighted by Crippen LogP contribution is -2.28. The summed E-state index contributed by atoms with van der Waals surface area (Å²) in [4.78, 5) is 11.3. The molecule has 0 saturated heterocycles. The van der Waals surface area contributed by atoms with E-state index in [0.717, 1.165) is 0 Å². The minimum Gasteiger partial charge on any atom is -0.454 e. The van der Waals surface area contributed by atoms with Gasteiger partial charge in [-0.05, 0) is 12.1 Å². The summed E-state index contributed by atoms with van der Waals surface area (Å²) in [6.07, 6.45) is 5.01. The zero-order chi connectivity index (χ0) is 11.4. The zero-order valence-corrected chi connectivity index (χ0v) is 8.45. The van der Waals surface area contributed by atoms with Crippen LogP contribution in [0.4, 0.5) is 10.5 Å². The summed E-state index contributed by atoms with van der Waals surface area (Å²) in [5.74, 6) is 3.61. The number of urea groups is 1. The number of nitrogens with one attached hydrogen (secondary N) is 2. The predicted molar refractivity (Wildman–Crippen MR) is 58.4 cm³/mol. The first-order chi connectivity index (χ1) is 7.79. The van der Waals surface area contributed by atoms with Crippen molar-refractivity contribution in [2.75, 3.05) is 18.7 Å². The Kier molecular flexibility index (Phi) is 2.83. The number of rotatable bonds is 2. The molecular weight excluding hydrogens is 208 g/mol. The maximum absolute atomic E-state index is 11.3. The highest BCUT2D eigenvalue weighted by atomic mass is 16.7. The van der Waals surface area contributed by atoms with Gasteiger partial charge in [-0.1, -0.05) is 5.92 Å². The fourth-order valence-corrected chi connectivity index (χ4v) is 1.28. The molecule has 0 aromatic heterocycles. The van der Waals surface area contributed by atoms with Crippen LogP contribution in [-0.4, -0.2) is 19.4 Å². The molecule has 0 radical (unpaired) electrons. The highest BCUT2D eigenvalue weighted by Gasteiger charge is 2.13. The molecule has 5 heteroatoms. The van der Waals surface area contributed by atoms with E-state index >= 15 is 0 Å². The van der Waals surface area contributed by atoms with Gasteiger partial charge in [-0.3, -0.25) is 0 Å². The molecule has 2 N–H and O–H groups in total. The van der Waals surface area contributed by atoms with E-state index in [0.29, 0.717) is 17.2 Å². The van der Waals surface area contributed by atoms with Gasteiger partial charge < -0.3 is 20.1 Å². The van der Waals surface area contributed by atoms with Crippen molar-refractivity contribution in [2.45, 2.75) is 0 Å². The molecule has 1 aromatic carbocycles. The summed E-state index contributed by atoms with van der Waals surface area (Å²) >= 11 is 0. The monoisotopic (exact) mass is 218 g/mol. The summed E-state index contributed by atoms with van der Waals surface area (Å²) in [6.45, 7) is 0.401. The number of carbonyl (C=O) groups excluding carboxylic acids is 1. The Bertz CT molecular complexity index is 451. The Balaban J connectivity index is 2.00. The highest BCUT2D eigenvalue weighted by molar-refractivity contribution is 5.89. The van der Waals surface area contributed by atoms with Crippen LogP contribution in [-0.2, 0) is 0 Å². The number of hydrogen-bond donors (Lipinski definition) is 2. The van der Waals surface area contributed by atoms with Gasteiger partial charge in [0.15, 0.2) is 11.5 Å². The fraction of sp³-hybridized carbons (Fsp3) is 0.182. The fourth-order valence-electron chi connectivity index (χ4n) is 1.28. The zero-order valence-electron chi connectivity index (χ0n) is 8.45. The van der Waals surface area contributed by atoms with Crippen LogP contribution in [0.1, 0.15) is 0 Å². The molecule has 0 saturated carbocycles. The number of benzene rings is 1. The van der Waals surface area contributed by atoms with Crippen LogP contribution in [0.2, 0.25) is 0 Å². The number of anilines is 1. The molecule has 5 nitrogen and oxygen atoms in total. The third kappa shape index (κ3) is 2.17. The van der Waals surface area contributed by atoms with Gasteiger partial charge in [-0.25, -0.2) is 4.79 Å². The van der Waals surface area contributed by atoms with Crippen LogP contribution in [0.25, 0.3) is 0 Å². The third-order valence-corrected chi connectivity index (χ3v) is 1.98. The SMILES string of the molecule is C#CCNC(=O)Nc1ccc2c(c1)OCO2. The molecule has 1 aliphatic heterocycles. The first-order valence-corrected chi connectivity index (χ1v) is 4.67. The molecule has 16 heavy (non-hydrogen) atoms. The molecule has 2 amide bonds. The highest BCUT2D eigenvalue weighted by Crippen LogP contribution is 2.34. The van der Waals surface area contributed by atoms with Crippen molar-refractivity contribution in [1.29, 1.82) is 0 Å². The van der Waals surface area contributed by atoms with Gasteiger partial charge in [-0.2, -0.15) is 0 Å². The molecule has 0 fully saturated rings. The topological polar surface area (TPSA) is 59.6 Å². The summed E-state index contributed by atoms with van der Waals surface area (Å²) in [6, 6.07) is 4.80. The number of terminal acetylenes is 1. The van der Waals surface area contributed by atoms with Gasteiger partial charge in [0, 0.05) is 11.8 Å². The number of amides is 2. The van der Waals surface area contributed by atoms with Crippen molar-refractivity contribution in [2.24, 2.45) is 0 Å². The molecular formula is C11H10N2O3. The summed E-state index contributed by atoms with van der Waals surface area (Å²) in [5.41, 5.74) is 0.624. The van der Waals surface area contributed by atoms with Gasteiger partial charge in [-0.15, -0.1) is 6.42 Å². The Morgan fingerprint density at radius 1 is 1.44 bits per heavy atom. The summed E-state index contributed by atoms with van der Waals surface area (Å²) < 4.78 is 10.3. The Morgan fingerprint density at radius 2 is 2.25 bits per heavy atom. The number of ether oxygens (including phenoxy) is 2. The van der Waals surface area contributed by atoms with Crippen LogP contribution in [0.15, 0.2) is 18.2 Å². The first kappa shape index (κ1) is 10.2. The van der Waals surface area contributed by atoms with Gasteiger partial charge in [0.2, 0.25) is 6.79 Å². The van der Waals surface area contributed by atoms with Crippen LogP contribution in [0.3, 0.4) is 0 Å². The average molecular weight is 218 g/mol. The van der Waals surface area contributed by atoms with E-state index < -0.39 is 0 Å². The molecule has 1 aromatic rings. The van der Waals surface area contributed by atoms with Crippen molar-refractivity contribution in [3.63, 3.8) is 0 Å². The lowest BCUT2D eigenvalue weighted by Gasteiger charge is -2.05. The molecule has 0 bridgehead atoms. The van der Waals surface area contributed by atoms with E-state index in [1.54, 1.807) is 18.2 Å². The van der Waals surface area contributed by atoms with Gasteiger partial charge >= 0.3 is 6.03 Å². The second kappa shape index (κ2) is 4.45. The molecule has 2 rings (SSSR count). The van der Waals surface area contributed by atoms with Crippen molar-refractivity contribution >= 4 is 11.7 Å². The van der Waals surface area contributed by atoms with Crippen LogP contribution >= 0.6 is 0 Å². The molecule has 1 heterocycles. The smallest absolute Gasteiger partial charge is 0.319 e. The van der Waals surface area contributed by atoms with Gasteiger partial charge in [0.1, 0.15) is 0 Å². The lowest BCUT2D eigenvalue weighted by atomic mass is 10.3. The molecule has 82 valence electrons. The van der Waals surface area contributed by atoms with Crippen molar-refractivity contribution < 1.29 is 14.3 Å². The predicted octanol–water partition coefficient (Wildman–Crippen LogP) is 1.17. The Hall–Kier alpha value is -2.35. The minimum atomic E-state index is -0.350. The second-order valence-electron chi connectivity index (χ2n) is 3.08. The first-order valence-electron chi connectivity index (χ1n) is 4.67. The third-order valence-electron chi connectivity index (χ3n) is 1.98. The molecule has 1 aliphatic rings. The number of carbonyl (C=O) groups is 1. The van der Waals surface area contributed by atoms with E-state index in [1.807, 2.05) is 0 Å². The molecule has 0 unspecified atom stereocenters. The van der Waals surface area contributed by atoms with Crippen LogP contribution in [0, 0.1) is 12.3 Å². The van der Waals surface area contributed by atoms with Gasteiger partial charge in [0.05, 0.1) is 6.54 Å². The summed E-state index contributed by atoms with van der Waals surface area (Å²) in [7, 11) is 0. The van der Waals surface area contributed by atoms with E-state index in [-0.39, 0.29) is 19.4 Å². The molecule has 0 aliphatic carbocycles. The molecule has 0 atom stereocenters. The quantitative estimate of drug-likeness (QED) is 0.732. The van der Waals surface area contributed by atoms with E-state index in [1.165, 1.54) is 0 Å². The normalized spacial score (nSPS) is 11.7. The largest absolute Gasteiger partial charge is 0.454 e. The molecule has 0 spiro atoms. The summed E-state index contributed by atoms with van der Waals surface area (Å²) in [5, 5.41) is 5.12. The van der Waals surface area contributed by atoms with Crippen LogP contribution < -0.4 is 20.1 Å². The maximum Gasteiger partial charge on any atom is 0.319 e. The minimum absolute atomic E-state index is 0.191. The van der Waals surface area contributed by atoms with Crippen molar-refractivity contribution in [3.8, 4) is 23.8 Å². The number of hydrogen-bond acceptors (Lipinski definition) is 3. The maximum atomic E-state index is 11.3. The van der Waals surface area contributed by atoms with E-state index in [2.05, 4.69) is 16.6 Å². The number of fused-ring (bicyclic) bond motifs is 1. The van der Waals surface area contributed by atoms with Crippen molar-refractivity contribution in [3.05, 3.63) is 18.2 Å². The standard InChI is InChI=1S/C11H10N2O3/c1-2-5-12-11(14)13-8-3-4-9-10(6-8)16-7-15-9/h1,3-4,6H,5,7H2,(H2,12,13,14). The van der Waals surface area contributed by atoms with Crippen molar-refractivity contribution in [1.82, 2.24) is 5.32 Å². The Morgan fingerprint density at radius 3 is 3.06 bits per heavy atom. The Labute approximate surface area is 92.7 Å². The van der Waals surface area contributed by atoms with E-state index in [4.69, 9.17) is 15.9 Å². The van der Waals surface area contributed by atoms with E-state index in [9.17, 15) is 4.79 Å². The van der Waals surface area contributed by atoms with Crippen LogP contribution in [0.5, 0.6) is 11.5 Å². The second-order valence-corrected chi connectivity index (χ2v) is 3.08.